The van der Waals surface area contributed by atoms with Crippen molar-refractivity contribution in [2.24, 2.45) is 0 Å². The quantitative estimate of drug-likeness (QED) is 0.902. The Morgan fingerprint density at radius 3 is 2.61 bits per heavy atom. The SMILES string of the molecule is c1cc(SC2COC2)ccc1CC1CCCCN1. The molecular formula is C15H21NOS. The van der Waals surface area contributed by atoms with Gasteiger partial charge in [0.25, 0.3) is 0 Å². The van der Waals surface area contributed by atoms with Crippen molar-refractivity contribution in [1.82, 2.24) is 5.32 Å². The first-order valence-corrected chi connectivity index (χ1v) is 7.85. The minimum absolute atomic E-state index is 0.677. The molecule has 1 aromatic rings. The molecule has 2 aliphatic rings. The van der Waals surface area contributed by atoms with Crippen LogP contribution < -0.4 is 5.32 Å². The van der Waals surface area contributed by atoms with Crippen molar-refractivity contribution in [3.8, 4) is 0 Å². The molecule has 18 heavy (non-hydrogen) atoms. The molecule has 1 atom stereocenters. The van der Waals surface area contributed by atoms with Crippen molar-refractivity contribution in [3.05, 3.63) is 29.8 Å². The Labute approximate surface area is 113 Å². The molecule has 0 bridgehead atoms. The molecule has 0 amide bonds. The van der Waals surface area contributed by atoms with Gasteiger partial charge in [0.15, 0.2) is 0 Å². The molecule has 1 N–H and O–H groups in total. The molecule has 1 aromatic carbocycles. The van der Waals surface area contributed by atoms with Crippen molar-refractivity contribution in [3.63, 3.8) is 0 Å². The van der Waals surface area contributed by atoms with E-state index in [2.05, 4.69) is 29.6 Å². The molecule has 0 saturated carbocycles. The predicted molar refractivity (Wildman–Crippen MR) is 76.3 cm³/mol. The molecule has 2 nitrogen and oxygen atoms in total. The van der Waals surface area contributed by atoms with Crippen molar-refractivity contribution in [2.45, 2.75) is 41.9 Å². The van der Waals surface area contributed by atoms with Crippen LogP contribution >= 0.6 is 11.8 Å². The predicted octanol–water partition coefficient (Wildman–Crippen LogP) is 2.86. The van der Waals surface area contributed by atoms with Crippen LogP contribution in [0.4, 0.5) is 0 Å². The fraction of sp³-hybridized carbons (Fsp3) is 0.600. The summed E-state index contributed by atoms with van der Waals surface area (Å²) in [5, 5.41) is 4.29. The molecule has 2 heterocycles. The highest BCUT2D eigenvalue weighted by Crippen LogP contribution is 2.28. The van der Waals surface area contributed by atoms with Crippen LogP contribution in [0.3, 0.4) is 0 Å². The van der Waals surface area contributed by atoms with Gasteiger partial charge in [-0.25, -0.2) is 0 Å². The summed E-state index contributed by atoms with van der Waals surface area (Å²) < 4.78 is 5.20. The number of thioether (sulfide) groups is 1. The summed E-state index contributed by atoms with van der Waals surface area (Å²) in [6.45, 7) is 3.02. The van der Waals surface area contributed by atoms with E-state index in [4.69, 9.17) is 4.74 Å². The molecular weight excluding hydrogens is 242 g/mol. The van der Waals surface area contributed by atoms with Gasteiger partial charge in [0, 0.05) is 10.9 Å². The molecule has 0 aliphatic carbocycles. The van der Waals surface area contributed by atoms with Crippen molar-refractivity contribution < 1.29 is 4.74 Å². The van der Waals surface area contributed by atoms with E-state index in [1.54, 1.807) is 0 Å². The lowest BCUT2D eigenvalue weighted by atomic mass is 9.98. The first kappa shape index (κ1) is 12.5. The Balaban J connectivity index is 1.52. The lowest BCUT2D eigenvalue weighted by Gasteiger charge is -2.25. The fourth-order valence-electron chi connectivity index (χ4n) is 2.56. The Kier molecular flexibility index (Phi) is 4.24. The maximum absolute atomic E-state index is 5.20. The fourth-order valence-corrected chi connectivity index (χ4v) is 3.57. The van der Waals surface area contributed by atoms with Crippen molar-refractivity contribution in [2.75, 3.05) is 19.8 Å². The molecule has 2 saturated heterocycles. The summed E-state index contributed by atoms with van der Waals surface area (Å²) in [5.41, 5.74) is 1.46. The van der Waals surface area contributed by atoms with Crippen LogP contribution in [0.25, 0.3) is 0 Å². The van der Waals surface area contributed by atoms with Crippen LogP contribution in [0.5, 0.6) is 0 Å². The summed E-state index contributed by atoms with van der Waals surface area (Å²) in [6, 6.07) is 9.80. The van der Waals surface area contributed by atoms with E-state index in [9.17, 15) is 0 Å². The van der Waals surface area contributed by atoms with E-state index in [0.717, 1.165) is 13.2 Å². The van der Waals surface area contributed by atoms with Gasteiger partial charge >= 0.3 is 0 Å². The molecule has 0 aromatic heterocycles. The molecule has 1 unspecified atom stereocenters. The highest BCUT2D eigenvalue weighted by Gasteiger charge is 2.19. The molecule has 3 heteroatoms. The Morgan fingerprint density at radius 2 is 2.00 bits per heavy atom. The third-order valence-electron chi connectivity index (χ3n) is 3.73. The second-order valence-corrected chi connectivity index (χ2v) is 6.65. The zero-order valence-corrected chi connectivity index (χ0v) is 11.5. The third kappa shape index (κ3) is 3.28. The van der Waals surface area contributed by atoms with Crippen molar-refractivity contribution in [1.29, 1.82) is 0 Å². The van der Waals surface area contributed by atoms with E-state index in [-0.39, 0.29) is 0 Å². The first-order chi connectivity index (χ1) is 8.90. The zero-order valence-electron chi connectivity index (χ0n) is 10.7. The van der Waals surface area contributed by atoms with Crippen LogP contribution in [-0.2, 0) is 11.2 Å². The molecule has 3 rings (SSSR count). The lowest BCUT2D eigenvalue weighted by molar-refractivity contribution is 0.0455. The van der Waals surface area contributed by atoms with Crippen LogP contribution in [0, 0.1) is 0 Å². The Bertz CT molecular complexity index is 369. The second kappa shape index (κ2) is 6.09. The van der Waals surface area contributed by atoms with Gasteiger partial charge in [-0.1, -0.05) is 18.6 Å². The molecule has 98 valence electrons. The highest BCUT2D eigenvalue weighted by atomic mass is 32.2. The van der Waals surface area contributed by atoms with E-state index in [1.807, 2.05) is 11.8 Å². The highest BCUT2D eigenvalue weighted by molar-refractivity contribution is 8.00. The Hall–Kier alpha value is -0.510. The average Bonchev–Trinajstić information content (AvgIpc) is 2.37. The summed E-state index contributed by atoms with van der Waals surface area (Å²) >= 11 is 1.94. The lowest BCUT2D eigenvalue weighted by Crippen LogP contribution is -2.35. The van der Waals surface area contributed by atoms with Gasteiger partial charge in [-0.05, 0) is 43.5 Å². The molecule has 0 radical (unpaired) electrons. The summed E-state index contributed by atoms with van der Waals surface area (Å²) in [5.74, 6) is 0. The maximum Gasteiger partial charge on any atom is 0.0611 e. The topological polar surface area (TPSA) is 21.3 Å². The van der Waals surface area contributed by atoms with Gasteiger partial charge in [-0.15, -0.1) is 11.8 Å². The van der Waals surface area contributed by atoms with Crippen LogP contribution in [-0.4, -0.2) is 31.1 Å². The number of hydrogen-bond donors (Lipinski definition) is 1. The summed E-state index contributed by atoms with van der Waals surface area (Å²) in [7, 11) is 0. The van der Waals surface area contributed by atoms with Gasteiger partial charge in [0.05, 0.1) is 18.5 Å². The van der Waals surface area contributed by atoms with Gasteiger partial charge < -0.3 is 10.1 Å². The Morgan fingerprint density at radius 1 is 1.17 bits per heavy atom. The van der Waals surface area contributed by atoms with E-state index in [1.165, 1.54) is 42.7 Å². The molecule has 0 spiro atoms. The van der Waals surface area contributed by atoms with Gasteiger partial charge in [-0.3, -0.25) is 0 Å². The van der Waals surface area contributed by atoms with E-state index in [0.29, 0.717) is 11.3 Å². The van der Waals surface area contributed by atoms with Crippen LogP contribution in [0.2, 0.25) is 0 Å². The largest absolute Gasteiger partial charge is 0.379 e. The van der Waals surface area contributed by atoms with Gasteiger partial charge in [0.1, 0.15) is 0 Å². The number of hydrogen-bond acceptors (Lipinski definition) is 3. The molecule has 2 fully saturated rings. The smallest absolute Gasteiger partial charge is 0.0611 e. The number of piperidine rings is 1. The van der Waals surface area contributed by atoms with Crippen molar-refractivity contribution >= 4 is 11.8 Å². The van der Waals surface area contributed by atoms with Crippen LogP contribution in [0.15, 0.2) is 29.2 Å². The monoisotopic (exact) mass is 263 g/mol. The number of ether oxygens (including phenoxy) is 1. The minimum atomic E-state index is 0.677. The second-order valence-electron chi connectivity index (χ2n) is 5.27. The van der Waals surface area contributed by atoms with E-state index >= 15 is 0 Å². The third-order valence-corrected chi connectivity index (χ3v) is 4.88. The van der Waals surface area contributed by atoms with E-state index < -0.39 is 0 Å². The van der Waals surface area contributed by atoms with Crippen LogP contribution in [0.1, 0.15) is 24.8 Å². The molecule has 2 aliphatic heterocycles. The normalized spacial score (nSPS) is 24.8. The number of rotatable bonds is 4. The average molecular weight is 263 g/mol. The van der Waals surface area contributed by atoms with Gasteiger partial charge in [-0.2, -0.15) is 0 Å². The number of benzene rings is 1. The summed E-state index contributed by atoms with van der Waals surface area (Å²) in [6.07, 6.45) is 5.23. The summed E-state index contributed by atoms with van der Waals surface area (Å²) in [4.78, 5) is 1.38. The number of nitrogens with one attached hydrogen (secondary N) is 1. The van der Waals surface area contributed by atoms with Gasteiger partial charge in [0.2, 0.25) is 0 Å². The minimum Gasteiger partial charge on any atom is -0.379 e. The zero-order chi connectivity index (χ0) is 12.2. The standard InChI is InChI=1S/C15H21NOS/c1-2-8-16-13(3-1)9-12-4-6-14(7-5-12)18-15-10-17-11-15/h4-7,13,15-16H,1-3,8-11H2. The first-order valence-electron chi connectivity index (χ1n) is 6.97. The maximum atomic E-state index is 5.20.